The molecule has 32 heavy (non-hydrogen) atoms. The third-order valence-corrected chi connectivity index (χ3v) is 5.73. The van der Waals surface area contributed by atoms with E-state index in [2.05, 4.69) is 25.6 Å². The Balaban J connectivity index is 1.37. The number of hydrogen-bond acceptors (Lipinski definition) is 7. The van der Waals surface area contributed by atoms with Gasteiger partial charge < -0.3 is 20.3 Å². The lowest BCUT2D eigenvalue weighted by Crippen LogP contribution is -2.50. The zero-order valence-corrected chi connectivity index (χ0v) is 18.2. The molecule has 0 spiro atoms. The van der Waals surface area contributed by atoms with Crippen LogP contribution in [0, 0.1) is 12.8 Å². The van der Waals surface area contributed by atoms with Gasteiger partial charge in [0.2, 0.25) is 11.9 Å². The van der Waals surface area contributed by atoms with Crippen LogP contribution in [0.4, 0.5) is 30.6 Å². The van der Waals surface area contributed by atoms with E-state index < -0.39 is 11.9 Å². The summed E-state index contributed by atoms with van der Waals surface area (Å²) in [6, 6.07) is 1.95. The van der Waals surface area contributed by atoms with Gasteiger partial charge in [0.05, 0.1) is 11.9 Å². The fraction of sp³-hybridized carbons (Fsp3) is 0.524. The minimum atomic E-state index is -4.47. The van der Waals surface area contributed by atoms with E-state index in [0.29, 0.717) is 41.7 Å². The highest BCUT2D eigenvalue weighted by Crippen LogP contribution is 2.35. The Morgan fingerprint density at radius 2 is 1.97 bits per heavy atom. The first kappa shape index (κ1) is 22.1. The number of likely N-dealkylation sites (N-methyl/N-ethyl adjacent to an activating group) is 1. The molecule has 8 nitrogen and oxygen atoms in total. The fourth-order valence-corrected chi connectivity index (χ4v) is 4.05. The molecule has 2 aliphatic rings. The smallest absolute Gasteiger partial charge is 0.433 e. The van der Waals surface area contributed by atoms with Gasteiger partial charge in [0.15, 0.2) is 5.82 Å². The zero-order valence-electron chi connectivity index (χ0n) is 18.2. The summed E-state index contributed by atoms with van der Waals surface area (Å²) in [6.45, 7) is 5.79. The van der Waals surface area contributed by atoms with Crippen LogP contribution in [0.1, 0.15) is 38.1 Å². The normalized spacial score (nSPS) is 22.8. The van der Waals surface area contributed by atoms with Gasteiger partial charge in [-0.1, -0.05) is 13.8 Å². The predicted molar refractivity (Wildman–Crippen MR) is 113 cm³/mol. The second kappa shape index (κ2) is 8.10. The van der Waals surface area contributed by atoms with E-state index in [1.54, 1.807) is 0 Å². The van der Waals surface area contributed by atoms with E-state index in [4.69, 9.17) is 4.74 Å². The van der Waals surface area contributed by atoms with Gasteiger partial charge in [-0.15, -0.1) is 0 Å². The van der Waals surface area contributed by atoms with Crippen molar-refractivity contribution in [1.29, 1.82) is 0 Å². The van der Waals surface area contributed by atoms with Gasteiger partial charge in [0, 0.05) is 25.9 Å². The van der Waals surface area contributed by atoms with Gasteiger partial charge in [0.25, 0.3) is 0 Å². The number of halogens is 3. The van der Waals surface area contributed by atoms with Crippen molar-refractivity contribution in [1.82, 2.24) is 15.0 Å². The van der Waals surface area contributed by atoms with Gasteiger partial charge in [-0.05, 0) is 25.0 Å². The van der Waals surface area contributed by atoms with Gasteiger partial charge in [-0.25, -0.2) is 9.97 Å². The van der Waals surface area contributed by atoms with Gasteiger partial charge in [0.1, 0.15) is 29.3 Å². The summed E-state index contributed by atoms with van der Waals surface area (Å²) in [7, 11) is 1.85. The second-order valence-corrected chi connectivity index (χ2v) is 8.55. The number of carbonyl (C=O) groups is 1. The number of anilines is 3. The molecular weight excluding hydrogens is 425 g/mol. The van der Waals surface area contributed by atoms with E-state index in [9.17, 15) is 18.0 Å². The number of ether oxygens (including phenoxy) is 1. The van der Waals surface area contributed by atoms with E-state index in [0.717, 1.165) is 12.3 Å². The summed E-state index contributed by atoms with van der Waals surface area (Å²) in [6.07, 6.45) is -2.20. The van der Waals surface area contributed by atoms with Crippen LogP contribution in [0.15, 0.2) is 18.3 Å². The number of alkyl halides is 3. The van der Waals surface area contributed by atoms with Gasteiger partial charge in [-0.2, -0.15) is 18.2 Å². The summed E-state index contributed by atoms with van der Waals surface area (Å²) in [5, 5.41) is 6.20. The van der Waals surface area contributed by atoms with E-state index in [-0.39, 0.29) is 30.0 Å². The summed E-state index contributed by atoms with van der Waals surface area (Å²) in [5.41, 5.74) is 0.339. The number of pyridine rings is 1. The third kappa shape index (κ3) is 4.28. The monoisotopic (exact) mass is 450 g/mol. The molecule has 3 heterocycles. The molecule has 0 radical (unpaired) electrons. The van der Waals surface area contributed by atoms with Crippen molar-refractivity contribution in [3.63, 3.8) is 0 Å². The maximum atomic E-state index is 12.6. The van der Waals surface area contributed by atoms with Crippen LogP contribution in [0.25, 0.3) is 0 Å². The lowest BCUT2D eigenvalue weighted by Gasteiger charge is -2.38. The van der Waals surface area contributed by atoms with Crippen molar-refractivity contribution in [2.45, 2.75) is 58.0 Å². The zero-order chi connectivity index (χ0) is 23.2. The first-order valence-electron chi connectivity index (χ1n) is 10.4. The molecule has 11 heteroatoms. The number of aromatic nitrogens is 3. The lowest BCUT2D eigenvalue weighted by atomic mass is 9.89. The Morgan fingerprint density at radius 3 is 2.56 bits per heavy atom. The molecule has 0 saturated heterocycles. The van der Waals surface area contributed by atoms with Crippen molar-refractivity contribution < 1.29 is 22.7 Å². The summed E-state index contributed by atoms with van der Waals surface area (Å²) < 4.78 is 43.5. The number of amides is 1. The highest BCUT2D eigenvalue weighted by Gasteiger charge is 2.37. The van der Waals surface area contributed by atoms with Crippen molar-refractivity contribution in [3.05, 3.63) is 29.7 Å². The Kier molecular flexibility index (Phi) is 5.59. The highest BCUT2D eigenvalue weighted by molar-refractivity contribution is 6.03. The topological polar surface area (TPSA) is 92.3 Å². The predicted octanol–water partition coefficient (Wildman–Crippen LogP) is 3.63. The molecule has 0 aromatic carbocycles. The van der Waals surface area contributed by atoms with Gasteiger partial charge in [-0.3, -0.25) is 4.79 Å². The summed E-state index contributed by atoms with van der Waals surface area (Å²) in [5.74, 6) is 1.48. The summed E-state index contributed by atoms with van der Waals surface area (Å²) >= 11 is 0. The molecule has 1 fully saturated rings. The summed E-state index contributed by atoms with van der Waals surface area (Å²) in [4.78, 5) is 26.8. The fourth-order valence-electron chi connectivity index (χ4n) is 4.05. The maximum absolute atomic E-state index is 12.6. The number of hydrogen-bond donors (Lipinski definition) is 2. The van der Waals surface area contributed by atoms with E-state index in [1.807, 2.05) is 32.7 Å². The standard InChI is InChI=1S/C21H25F3N6O2/c1-10(2)17-19(31)28-16-11(3)26-20(29-18(16)30(17)4)27-12-7-14(8-12)32-13-5-6-15(25-9-13)21(22,23)24/h5-6,9-10,12,14,17H,7-8H2,1-4H3,(H,28,31)(H,26,27,29). The average Bonchev–Trinajstić information content (AvgIpc) is 2.67. The first-order chi connectivity index (χ1) is 15.0. The molecule has 1 aliphatic heterocycles. The Bertz CT molecular complexity index is 1010. The number of nitrogens with one attached hydrogen (secondary N) is 2. The maximum Gasteiger partial charge on any atom is 0.433 e. The molecule has 2 aromatic rings. The molecule has 1 saturated carbocycles. The Hall–Kier alpha value is -3.11. The molecular formula is C21H25F3N6O2. The van der Waals surface area contributed by atoms with Crippen molar-refractivity contribution in [3.8, 4) is 5.75 Å². The first-order valence-corrected chi connectivity index (χ1v) is 10.4. The quantitative estimate of drug-likeness (QED) is 0.719. The minimum absolute atomic E-state index is 0.0702. The second-order valence-electron chi connectivity index (χ2n) is 8.55. The van der Waals surface area contributed by atoms with Crippen molar-refractivity contribution in [2.75, 3.05) is 22.6 Å². The van der Waals surface area contributed by atoms with Crippen LogP contribution in [-0.2, 0) is 11.0 Å². The van der Waals surface area contributed by atoms with Crippen LogP contribution in [0.3, 0.4) is 0 Å². The Labute approximate surface area is 183 Å². The molecule has 1 unspecified atom stereocenters. The molecule has 0 bridgehead atoms. The van der Waals surface area contributed by atoms with Gasteiger partial charge >= 0.3 is 6.18 Å². The highest BCUT2D eigenvalue weighted by atomic mass is 19.4. The number of carbonyl (C=O) groups excluding carboxylic acids is 1. The number of rotatable bonds is 5. The molecule has 4 rings (SSSR count). The SMILES string of the molecule is Cc1nc(NC2CC(Oc3ccc(C(F)(F)F)nc3)C2)nc2c1NC(=O)C(C(C)C)N2C. The van der Waals surface area contributed by atoms with E-state index in [1.165, 1.54) is 6.07 Å². The molecule has 1 atom stereocenters. The lowest BCUT2D eigenvalue weighted by molar-refractivity contribution is -0.141. The van der Waals surface area contributed by atoms with Crippen LogP contribution in [-0.4, -0.2) is 46.1 Å². The van der Waals surface area contributed by atoms with Crippen LogP contribution >= 0.6 is 0 Å². The molecule has 1 aliphatic carbocycles. The number of nitrogens with zero attached hydrogens (tertiary/aromatic N) is 4. The van der Waals surface area contributed by atoms with E-state index >= 15 is 0 Å². The van der Waals surface area contributed by atoms with Crippen LogP contribution in [0.5, 0.6) is 5.75 Å². The number of fused-ring (bicyclic) bond motifs is 1. The number of aryl methyl sites for hydroxylation is 1. The minimum Gasteiger partial charge on any atom is -0.489 e. The average molecular weight is 450 g/mol. The van der Waals surface area contributed by atoms with Crippen LogP contribution in [0.2, 0.25) is 0 Å². The molecule has 2 N–H and O–H groups in total. The molecule has 172 valence electrons. The van der Waals surface area contributed by atoms with Crippen molar-refractivity contribution in [2.24, 2.45) is 5.92 Å². The molecule has 2 aromatic heterocycles. The largest absolute Gasteiger partial charge is 0.489 e. The van der Waals surface area contributed by atoms with Crippen LogP contribution < -0.4 is 20.3 Å². The third-order valence-electron chi connectivity index (χ3n) is 5.73. The Morgan fingerprint density at radius 1 is 1.25 bits per heavy atom. The molecule has 1 amide bonds. The van der Waals surface area contributed by atoms with Crippen molar-refractivity contribution >= 4 is 23.4 Å².